The van der Waals surface area contributed by atoms with E-state index < -0.39 is 0 Å². The van der Waals surface area contributed by atoms with Gasteiger partial charge in [-0.15, -0.1) is 0 Å². The number of rotatable bonds is 5. The zero-order chi connectivity index (χ0) is 12.1. The van der Waals surface area contributed by atoms with Crippen LogP contribution in [0.1, 0.15) is 29.2 Å². The third-order valence-electron chi connectivity index (χ3n) is 1.97. The maximum absolute atomic E-state index is 11.8. The Morgan fingerprint density at radius 3 is 2.88 bits per heavy atom. The quantitative estimate of drug-likeness (QED) is 0.847. The molecule has 0 radical (unpaired) electrons. The van der Waals surface area contributed by atoms with Crippen molar-refractivity contribution in [1.82, 2.24) is 10.3 Å². The molecule has 0 saturated carbocycles. The Bertz CT molecular complexity index is 365. The van der Waals surface area contributed by atoms with Gasteiger partial charge in [0.25, 0.3) is 5.91 Å². The van der Waals surface area contributed by atoms with E-state index in [1.54, 1.807) is 6.92 Å². The fourth-order valence-electron chi connectivity index (χ4n) is 1.25. The minimum Gasteiger partial charge on any atom is -0.375 e. The van der Waals surface area contributed by atoms with Crippen LogP contribution in [-0.2, 0) is 0 Å². The number of nitrogens with zero attached hydrogens (tertiary/aromatic N) is 1. The molecule has 0 aliphatic carbocycles. The number of nitrogens with one attached hydrogen (secondary N) is 1. The topological polar surface area (TPSA) is 68.0 Å². The Morgan fingerprint density at radius 1 is 1.69 bits per heavy atom. The Morgan fingerprint density at radius 2 is 2.38 bits per heavy atom. The molecular weight excluding hydrogens is 242 g/mol. The SMILES string of the molecule is CCSCC(C)NC(=O)c1sc(N)nc1C. The van der Waals surface area contributed by atoms with E-state index in [0.717, 1.165) is 11.5 Å². The van der Waals surface area contributed by atoms with E-state index in [1.165, 1.54) is 11.3 Å². The second-order valence-corrected chi connectivity index (χ2v) is 5.85. The average Bonchev–Trinajstić information content (AvgIpc) is 2.54. The van der Waals surface area contributed by atoms with Crippen molar-refractivity contribution in [1.29, 1.82) is 0 Å². The highest BCUT2D eigenvalue weighted by atomic mass is 32.2. The lowest BCUT2D eigenvalue weighted by Gasteiger charge is -2.12. The second kappa shape index (κ2) is 6.10. The van der Waals surface area contributed by atoms with Gasteiger partial charge in [0.2, 0.25) is 0 Å². The van der Waals surface area contributed by atoms with Crippen molar-refractivity contribution >= 4 is 34.1 Å². The Labute approximate surface area is 104 Å². The van der Waals surface area contributed by atoms with Gasteiger partial charge in [0.1, 0.15) is 4.88 Å². The third kappa shape index (κ3) is 3.68. The van der Waals surface area contributed by atoms with Gasteiger partial charge in [0.05, 0.1) is 5.69 Å². The molecular formula is C10H17N3OS2. The predicted molar refractivity (Wildman–Crippen MR) is 71.2 cm³/mol. The van der Waals surface area contributed by atoms with Gasteiger partial charge in [-0.1, -0.05) is 18.3 Å². The minimum atomic E-state index is -0.0732. The van der Waals surface area contributed by atoms with Crippen molar-refractivity contribution in [3.05, 3.63) is 10.6 Å². The van der Waals surface area contributed by atoms with Crippen LogP contribution in [0, 0.1) is 6.92 Å². The summed E-state index contributed by atoms with van der Waals surface area (Å²) in [6, 6.07) is 0.167. The molecule has 0 saturated heterocycles. The number of hydrogen-bond donors (Lipinski definition) is 2. The van der Waals surface area contributed by atoms with E-state index >= 15 is 0 Å². The van der Waals surface area contributed by atoms with Gasteiger partial charge in [-0.2, -0.15) is 11.8 Å². The second-order valence-electron chi connectivity index (χ2n) is 3.50. The molecule has 1 rings (SSSR count). The zero-order valence-corrected chi connectivity index (χ0v) is 11.4. The van der Waals surface area contributed by atoms with Crippen LogP contribution in [0.15, 0.2) is 0 Å². The molecule has 0 aliphatic heterocycles. The standard InChI is InChI=1S/C10H17N3OS2/c1-4-15-5-6(2)12-9(14)8-7(3)13-10(11)16-8/h6H,4-5H2,1-3H3,(H2,11,13)(H,12,14). The van der Waals surface area contributed by atoms with Crippen LogP contribution in [0.4, 0.5) is 5.13 Å². The number of aromatic nitrogens is 1. The van der Waals surface area contributed by atoms with Gasteiger partial charge in [-0.05, 0) is 19.6 Å². The number of aryl methyl sites for hydroxylation is 1. The van der Waals surface area contributed by atoms with Crippen LogP contribution in [-0.4, -0.2) is 28.4 Å². The molecule has 4 nitrogen and oxygen atoms in total. The fourth-order valence-corrected chi connectivity index (χ4v) is 2.66. The minimum absolute atomic E-state index is 0.0732. The van der Waals surface area contributed by atoms with Gasteiger partial charge in [0.15, 0.2) is 5.13 Å². The van der Waals surface area contributed by atoms with E-state index in [4.69, 9.17) is 5.73 Å². The number of anilines is 1. The van der Waals surface area contributed by atoms with Crippen LogP contribution in [0.25, 0.3) is 0 Å². The van der Waals surface area contributed by atoms with Gasteiger partial charge >= 0.3 is 0 Å². The van der Waals surface area contributed by atoms with E-state index in [0.29, 0.717) is 15.7 Å². The fraction of sp³-hybridized carbons (Fsp3) is 0.600. The summed E-state index contributed by atoms with van der Waals surface area (Å²) in [5, 5.41) is 3.38. The molecule has 0 bridgehead atoms. The highest BCUT2D eigenvalue weighted by Crippen LogP contribution is 2.19. The number of nitrogens with two attached hydrogens (primary N) is 1. The summed E-state index contributed by atoms with van der Waals surface area (Å²) >= 11 is 3.05. The Hall–Kier alpha value is -0.750. The first-order valence-electron chi connectivity index (χ1n) is 5.16. The molecule has 1 atom stereocenters. The number of nitrogen functional groups attached to an aromatic ring is 1. The summed E-state index contributed by atoms with van der Waals surface area (Å²) in [7, 11) is 0. The first-order chi connectivity index (χ1) is 7.54. The molecule has 1 aromatic rings. The third-order valence-corrected chi connectivity index (χ3v) is 4.10. The van der Waals surface area contributed by atoms with E-state index in [2.05, 4.69) is 17.2 Å². The van der Waals surface area contributed by atoms with Crippen molar-refractivity contribution in [2.24, 2.45) is 0 Å². The predicted octanol–water partition coefficient (Wildman–Crippen LogP) is 1.91. The van der Waals surface area contributed by atoms with Crippen LogP contribution in [0.3, 0.4) is 0 Å². The summed E-state index contributed by atoms with van der Waals surface area (Å²) in [5.74, 6) is 1.92. The highest BCUT2D eigenvalue weighted by molar-refractivity contribution is 7.99. The number of thiazole rings is 1. The summed E-state index contributed by atoms with van der Waals surface area (Å²) in [6.45, 7) is 5.90. The molecule has 1 unspecified atom stereocenters. The van der Waals surface area contributed by atoms with E-state index in [9.17, 15) is 4.79 Å². The van der Waals surface area contributed by atoms with Crippen molar-refractivity contribution in [3.63, 3.8) is 0 Å². The summed E-state index contributed by atoms with van der Waals surface area (Å²) in [6.07, 6.45) is 0. The van der Waals surface area contributed by atoms with Crippen molar-refractivity contribution in [3.8, 4) is 0 Å². The summed E-state index contributed by atoms with van der Waals surface area (Å²) in [5.41, 5.74) is 6.26. The smallest absolute Gasteiger partial charge is 0.263 e. The first kappa shape index (κ1) is 13.3. The van der Waals surface area contributed by atoms with Crippen molar-refractivity contribution in [2.75, 3.05) is 17.2 Å². The summed E-state index contributed by atoms with van der Waals surface area (Å²) < 4.78 is 0. The van der Waals surface area contributed by atoms with Crippen LogP contribution in [0.2, 0.25) is 0 Å². The average molecular weight is 259 g/mol. The van der Waals surface area contributed by atoms with E-state index in [-0.39, 0.29) is 11.9 Å². The number of hydrogen-bond acceptors (Lipinski definition) is 5. The molecule has 16 heavy (non-hydrogen) atoms. The molecule has 1 amide bonds. The number of amides is 1. The normalized spacial score (nSPS) is 12.4. The van der Waals surface area contributed by atoms with E-state index in [1.807, 2.05) is 18.7 Å². The van der Waals surface area contributed by atoms with Crippen molar-refractivity contribution < 1.29 is 4.79 Å². The molecule has 0 spiro atoms. The number of thioether (sulfide) groups is 1. The maximum atomic E-state index is 11.8. The monoisotopic (exact) mass is 259 g/mol. The van der Waals surface area contributed by atoms with Gasteiger partial charge < -0.3 is 11.1 Å². The van der Waals surface area contributed by atoms with Crippen LogP contribution < -0.4 is 11.1 Å². The largest absolute Gasteiger partial charge is 0.375 e. The molecule has 0 aromatic carbocycles. The molecule has 90 valence electrons. The Kier molecular flexibility index (Phi) is 5.08. The molecule has 1 aromatic heterocycles. The van der Waals surface area contributed by atoms with Gasteiger partial charge in [-0.3, -0.25) is 4.79 Å². The molecule has 0 fully saturated rings. The summed E-state index contributed by atoms with van der Waals surface area (Å²) in [4.78, 5) is 16.5. The molecule has 0 aliphatic rings. The number of carbonyl (C=O) groups excluding carboxylic acids is 1. The van der Waals surface area contributed by atoms with Crippen LogP contribution in [0.5, 0.6) is 0 Å². The van der Waals surface area contributed by atoms with Crippen molar-refractivity contribution in [2.45, 2.75) is 26.8 Å². The highest BCUT2D eigenvalue weighted by Gasteiger charge is 2.15. The maximum Gasteiger partial charge on any atom is 0.263 e. The molecule has 3 N–H and O–H groups in total. The molecule has 6 heteroatoms. The lowest BCUT2D eigenvalue weighted by atomic mass is 10.3. The lowest BCUT2D eigenvalue weighted by molar-refractivity contribution is 0.0947. The number of carbonyl (C=O) groups is 1. The van der Waals surface area contributed by atoms with Crippen LogP contribution >= 0.6 is 23.1 Å². The Balaban J connectivity index is 2.55. The lowest BCUT2D eigenvalue weighted by Crippen LogP contribution is -2.34. The first-order valence-corrected chi connectivity index (χ1v) is 7.13. The molecule has 1 heterocycles. The zero-order valence-electron chi connectivity index (χ0n) is 9.74. The van der Waals surface area contributed by atoms with Gasteiger partial charge in [0, 0.05) is 11.8 Å². The van der Waals surface area contributed by atoms with Gasteiger partial charge in [-0.25, -0.2) is 4.98 Å².